The van der Waals surface area contributed by atoms with Gasteiger partial charge in [0.05, 0.1) is 5.56 Å². The average molecular weight is 502 g/mol. The Bertz CT molecular complexity index is 1390. The van der Waals surface area contributed by atoms with E-state index in [1.54, 1.807) is 0 Å². The highest BCUT2D eigenvalue weighted by molar-refractivity contribution is 7.99. The maximum absolute atomic E-state index is 13.5. The molecule has 186 valence electrons. The van der Waals surface area contributed by atoms with Gasteiger partial charge in [0.2, 0.25) is 0 Å². The van der Waals surface area contributed by atoms with Crippen LogP contribution in [0.1, 0.15) is 57.6 Å². The Labute approximate surface area is 215 Å². The molecule has 0 bridgehead atoms. The van der Waals surface area contributed by atoms with Crippen LogP contribution >= 0.6 is 11.8 Å². The number of hydrogen-bond donors (Lipinski definition) is 2. The number of ketones is 1. The largest absolute Gasteiger partial charge is 0.457 e. The van der Waals surface area contributed by atoms with Gasteiger partial charge < -0.3 is 15.0 Å². The Balaban J connectivity index is 1.62. The number of aromatic amines is 1. The van der Waals surface area contributed by atoms with E-state index in [0.717, 1.165) is 22.8 Å². The second-order valence-electron chi connectivity index (χ2n) is 10.7. The fraction of sp³-hybridized carbons (Fsp3) is 0.345. The molecule has 5 rings (SSSR count). The number of allylic oxidation sites excluding steroid dienone is 2. The van der Waals surface area contributed by atoms with Gasteiger partial charge in [-0.05, 0) is 47.6 Å². The van der Waals surface area contributed by atoms with Crippen LogP contribution in [0.4, 0.5) is 5.82 Å². The summed E-state index contributed by atoms with van der Waals surface area (Å²) in [6, 6.07) is 17.2. The topological polar surface area (TPSA) is 84.1 Å². The molecule has 2 heterocycles. The molecule has 2 N–H and O–H groups in total. The number of carbonyl (C=O) groups is 1. The fourth-order valence-electron chi connectivity index (χ4n) is 4.92. The van der Waals surface area contributed by atoms with Crippen molar-refractivity contribution in [2.45, 2.75) is 51.6 Å². The summed E-state index contributed by atoms with van der Waals surface area (Å²) in [5.74, 6) is 2.78. The second kappa shape index (κ2) is 9.62. The quantitative estimate of drug-likeness (QED) is 0.296. The molecule has 0 saturated carbocycles. The number of nitrogens with zero attached hydrogens (tertiary/aromatic N) is 1. The zero-order valence-corrected chi connectivity index (χ0v) is 21.9. The number of Topliss-reactive ketones (excluding diaryl/α,β-unsaturated/α-hetero) is 1. The number of hydrogen-bond acceptors (Lipinski definition) is 6. The number of aromatic nitrogens is 2. The van der Waals surface area contributed by atoms with E-state index in [0.29, 0.717) is 46.6 Å². The van der Waals surface area contributed by atoms with Crippen LogP contribution in [-0.4, -0.2) is 21.5 Å². The van der Waals surface area contributed by atoms with E-state index in [1.807, 2.05) is 54.6 Å². The SMILES string of the molecule is CC(C)CSc1nc2c(c(=O)[nH]1)C(c1cccc(Oc3ccccc3)c1)C1=C(CC(C)(C)CC1=O)N2. The minimum absolute atomic E-state index is 0.0661. The van der Waals surface area contributed by atoms with Gasteiger partial charge in [-0.15, -0.1) is 0 Å². The Morgan fingerprint density at radius 1 is 1.06 bits per heavy atom. The number of thioether (sulfide) groups is 1. The van der Waals surface area contributed by atoms with Crippen molar-refractivity contribution in [2.75, 3.05) is 11.1 Å². The minimum Gasteiger partial charge on any atom is -0.457 e. The number of anilines is 1. The summed E-state index contributed by atoms with van der Waals surface area (Å²) in [4.78, 5) is 34.7. The predicted molar refractivity (Wildman–Crippen MR) is 144 cm³/mol. The van der Waals surface area contributed by atoms with Crippen LogP contribution in [0.3, 0.4) is 0 Å². The molecule has 6 nitrogen and oxygen atoms in total. The van der Waals surface area contributed by atoms with Gasteiger partial charge >= 0.3 is 0 Å². The van der Waals surface area contributed by atoms with Gasteiger partial charge in [0.15, 0.2) is 10.9 Å². The van der Waals surface area contributed by atoms with Crippen molar-refractivity contribution in [2.24, 2.45) is 11.3 Å². The van der Waals surface area contributed by atoms with Gasteiger partial charge in [-0.2, -0.15) is 0 Å². The van der Waals surface area contributed by atoms with Crippen LogP contribution in [0.2, 0.25) is 0 Å². The van der Waals surface area contributed by atoms with Gasteiger partial charge in [0.25, 0.3) is 5.56 Å². The molecule has 1 aromatic heterocycles. The smallest absolute Gasteiger partial charge is 0.257 e. The molecule has 1 aliphatic heterocycles. The number of ether oxygens (including phenoxy) is 1. The molecular weight excluding hydrogens is 470 g/mol. The number of fused-ring (bicyclic) bond motifs is 1. The van der Waals surface area contributed by atoms with Crippen LogP contribution in [0.5, 0.6) is 11.5 Å². The van der Waals surface area contributed by atoms with E-state index >= 15 is 0 Å². The molecule has 1 atom stereocenters. The highest BCUT2D eigenvalue weighted by atomic mass is 32.2. The lowest BCUT2D eigenvalue weighted by Gasteiger charge is -2.38. The first-order valence-corrected chi connectivity index (χ1v) is 13.3. The summed E-state index contributed by atoms with van der Waals surface area (Å²) < 4.78 is 6.08. The number of para-hydroxylation sites is 1. The van der Waals surface area contributed by atoms with E-state index < -0.39 is 5.92 Å². The predicted octanol–water partition coefficient (Wildman–Crippen LogP) is 6.51. The molecule has 36 heavy (non-hydrogen) atoms. The summed E-state index contributed by atoms with van der Waals surface area (Å²) in [5, 5.41) is 3.98. The number of nitrogens with one attached hydrogen (secondary N) is 2. The number of H-pyrrole nitrogens is 1. The zero-order valence-electron chi connectivity index (χ0n) is 21.1. The fourth-order valence-corrected chi connectivity index (χ4v) is 5.73. The van der Waals surface area contributed by atoms with Gasteiger partial charge in [0.1, 0.15) is 17.3 Å². The molecule has 0 spiro atoms. The molecule has 1 aliphatic carbocycles. The summed E-state index contributed by atoms with van der Waals surface area (Å²) in [6.07, 6.45) is 1.15. The van der Waals surface area contributed by atoms with Crippen LogP contribution in [0.25, 0.3) is 0 Å². The summed E-state index contributed by atoms with van der Waals surface area (Å²) >= 11 is 1.54. The summed E-state index contributed by atoms with van der Waals surface area (Å²) in [6.45, 7) is 8.47. The maximum Gasteiger partial charge on any atom is 0.257 e. The van der Waals surface area contributed by atoms with E-state index in [-0.39, 0.29) is 16.8 Å². The first-order valence-electron chi connectivity index (χ1n) is 12.3. The Morgan fingerprint density at radius 3 is 2.56 bits per heavy atom. The molecule has 0 saturated heterocycles. The van der Waals surface area contributed by atoms with Gasteiger partial charge in [-0.25, -0.2) is 4.98 Å². The highest BCUT2D eigenvalue weighted by Crippen LogP contribution is 2.48. The Hall–Kier alpha value is -3.32. The van der Waals surface area contributed by atoms with E-state index in [1.165, 1.54) is 11.8 Å². The van der Waals surface area contributed by atoms with Crippen molar-refractivity contribution >= 4 is 23.4 Å². The van der Waals surface area contributed by atoms with Crippen molar-refractivity contribution in [3.8, 4) is 11.5 Å². The molecule has 0 radical (unpaired) electrons. The minimum atomic E-state index is -0.514. The molecular formula is C29H31N3O3S. The lowest BCUT2D eigenvalue weighted by Crippen LogP contribution is -2.37. The van der Waals surface area contributed by atoms with E-state index in [4.69, 9.17) is 9.72 Å². The number of rotatable bonds is 6. The molecule has 2 aromatic carbocycles. The Morgan fingerprint density at radius 2 is 1.81 bits per heavy atom. The lowest BCUT2D eigenvalue weighted by molar-refractivity contribution is -0.118. The Kier molecular flexibility index (Phi) is 6.51. The van der Waals surface area contributed by atoms with Crippen LogP contribution in [0, 0.1) is 11.3 Å². The molecule has 2 aliphatic rings. The monoisotopic (exact) mass is 501 g/mol. The first kappa shape index (κ1) is 24.4. The molecule has 0 amide bonds. The first-order chi connectivity index (χ1) is 17.2. The zero-order chi connectivity index (χ0) is 25.4. The highest BCUT2D eigenvalue weighted by Gasteiger charge is 2.42. The summed E-state index contributed by atoms with van der Waals surface area (Å²) in [5.41, 5.74) is 2.45. The third-order valence-corrected chi connectivity index (χ3v) is 7.72. The van der Waals surface area contributed by atoms with Gasteiger partial charge in [-0.3, -0.25) is 9.59 Å². The van der Waals surface area contributed by atoms with E-state index in [9.17, 15) is 9.59 Å². The average Bonchev–Trinajstić information content (AvgIpc) is 2.81. The number of benzene rings is 2. The third-order valence-electron chi connectivity index (χ3n) is 6.42. The standard InChI is InChI=1S/C29H31N3O3S/c1-17(2)16-36-28-31-26-25(27(34)32-28)23(24-21(30-26)14-29(3,4)15-22(24)33)18-9-8-12-20(13-18)35-19-10-6-5-7-11-19/h5-13,17,23H,14-16H2,1-4H3,(H2,30,31,32,34). The number of carbonyl (C=O) groups excluding carboxylic acids is 1. The normalized spacial score (nSPS) is 18.5. The lowest BCUT2D eigenvalue weighted by atomic mass is 9.69. The summed E-state index contributed by atoms with van der Waals surface area (Å²) in [7, 11) is 0. The van der Waals surface area contributed by atoms with Crippen molar-refractivity contribution in [1.82, 2.24) is 9.97 Å². The van der Waals surface area contributed by atoms with Crippen molar-refractivity contribution < 1.29 is 9.53 Å². The molecule has 3 aromatic rings. The van der Waals surface area contributed by atoms with Crippen LogP contribution in [-0.2, 0) is 4.79 Å². The van der Waals surface area contributed by atoms with Crippen molar-refractivity contribution in [3.63, 3.8) is 0 Å². The van der Waals surface area contributed by atoms with Gasteiger partial charge in [0, 0.05) is 29.4 Å². The molecule has 0 fully saturated rings. The maximum atomic E-state index is 13.5. The van der Waals surface area contributed by atoms with Crippen LogP contribution < -0.4 is 15.6 Å². The van der Waals surface area contributed by atoms with Crippen molar-refractivity contribution in [1.29, 1.82) is 0 Å². The van der Waals surface area contributed by atoms with Crippen LogP contribution in [0.15, 0.2) is 75.8 Å². The van der Waals surface area contributed by atoms with Gasteiger partial charge in [-0.1, -0.05) is 69.8 Å². The molecule has 7 heteroatoms. The second-order valence-corrected chi connectivity index (χ2v) is 11.7. The molecule has 1 unspecified atom stereocenters. The van der Waals surface area contributed by atoms with E-state index in [2.05, 4.69) is 38.0 Å². The third kappa shape index (κ3) is 4.98. The van der Waals surface area contributed by atoms with Crippen molar-refractivity contribution in [3.05, 3.63) is 87.3 Å².